The summed E-state index contributed by atoms with van der Waals surface area (Å²) in [5, 5.41) is 2.54. The van der Waals surface area contributed by atoms with Gasteiger partial charge < -0.3 is 15.8 Å². The molecule has 0 aromatic heterocycles. The van der Waals surface area contributed by atoms with Crippen molar-refractivity contribution in [2.45, 2.75) is 26.3 Å². The molecule has 0 heterocycles. The van der Waals surface area contributed by atoms with Crippen molar-refractivity contribution in [1.82, 2.24) is 10.0 Å². The molecule has 0 unspecified atom stereocenters. The number of rotatable bonds is 9. The maximum Gasteiger partial charge on any atom is 0.235 e. The summed E-state index contributed by atoms with van der Waals surface area (Å²) in [6.07, 6.45) is 0. The fraction of sp³-hybridized carbons (Fsp3) is 0.900. The summed E-state index contributed by atoms with van der Waals surface area (Å²) in [7, 11) is -3.47. The molecule has 0 aliphatic heterocycles. The van der Waals surface area contributed by atoms with Crippen LogP contribution >= 0.6 is 0 Å². The van der Waals surface area contributed by atoms with Crippen molar-refractivity contribution in [3.8, 4) is 0 Å². The summed E-state index contributed by atoms with van der Waals surface area (Å²) in [4.78, 5) is 11.3. The van der Waals surface area contributed by atoms with E-state index in [1.165, 1.54) is 0 Å². The summed E-state index contributed by atoms with van der Waals surface area (Å²) in [5.41, 5.74) is 5.15. The smallest absolute Gasteiger partial charge is 0.235 e. The van der Waals surface area contributed by atoms with Gasteiger partial charge in [-0.1, -0.05) is 0 Å². The molecular formula is C10H23N3O4S. The quantitative estimate of drug-likeness (QED) is 0.460. The van der Waals surface area contributed by atoms with Gasteiger partial charge in [0.05, 0.1) is 18.9 Å². The van der Waals surface area contributed by atoms with Crippen LogP contribution in [-0.2, 0) is 19.6 Å². The Labute approximate surface area is 108 Å². The molecule has 1 amide bonds. The van der Waals surface area contributed by atoms with Crippen molar-refractivity contribution < 1.29 is 17.9 Å². The first-order valence-corrected chi connectivity index (χ1v) is 7.42. The number of sulfonamides is 1. The molecule has 108 valence electrons. The predicted octanol–water partition coefficient (Wildman–Crippen LogP) is -1.20. The molecule has 0 saturated carbocycles. The summed E-state index contributed by atoms with van der Waals surface area (Å²) in [5.74, 6) is -0.565. The highest BCUT2D eigenvalue weighted by Gasteiger charge is 2.15. The lowest BCUT2D eigenvalue weighted by Crippen LogP contribution is -2.47. The Balaban J connectivity index is 3.90. The molecule has 8 heteroatoms. The highest BCUT2D eigenvalue weighted by Crippen LogP contribution is 1.92. The third-order valence-electron chi connectivity index (χ3n) is 1.89. The standard InChI is InChI=1S/C10H23N3O4S/c1-4-17-5-6-18(15,16)13-7-9(14)12-8-10(2,3)11/h13H,4-8,11H2,1-3H3,(H,12,14). The Morgan fingerprint density at radius 1 is 1.39 bits per heavy atom. The van der Waals surface area contributed by atoms with Crippen LogP contribution in [0.15, 0.2) is 0 Å². The summed E-state index contributed by atoms with van der Waals surface area (Å²) >= 11 is 0. The van der Waals surface area contributed by atoms with Crippen LogP contribution in [0.5, 0.6) is 0 Å². The molecule has 0 aliphatic rings. The third kappa shape index (κ3) is 10.5. The Morgan fingerprint density at radius 2 is 2.00 bits per heavy atom. The molecular weight excluding hydrogens is 258 g/mol. The van der Waals surface area contributed by atoms with E-state index in [1.807, 2.05) is 0 Å². The van der Waals surface area contributed by atoms with E-state index < -0.39 is 21.5 Å². The zero-order valence-electron chi connectivity index (χ0n) is 11.2. The molecule has 0 saturated heterocycles. The molecule has 0 aromatic rings. The van der Waals surface area contributed by atoms with Crippen molar-refractivity contribution >= 4 is 15.9 Å². The summed E-state index contributed by atoms with van der Waals surface area (Å²) in [6.45, 7) is 5.88. The summed E-state index contributed by atoms with van der Waals surface area (Å²) in [6, 6.07) is 0. The minimum atomic E-state index is -3.47. The molecule has 0 spiro atoms. The Bertz CT molecular complexity index is 349. The van der Waals surface area contributed by atoms with Crippen molar-refractivity contribution in [3.63, 3.8) is 0 Å². The maximum absolute atomic E-state index is 11.4. The van der Waals surface area contributed by atoms with Crippen LogP contribution in [0.3, 0.4) is 0 Å². The van der Waals surface area contributed by atoms with Crippen LogP contribution in [0.25, 0.3) is 0 Å². The van der Waals surface area contributed by atoms with E-state index in [-0.39, 0.29) is 25.4 Å². The first-order valence-electron chi connectivity index (χ1n) is 5.77. The van der Waals surface area contributed by atoms with Gasteiger partial charge in [0.1, 0.15) is 0 Å². The van der Waals surface area contributed by atoms with Crippen LogP contribution in [0, 0.1) is 0 Å². The predicted molar refractivity (Wildman–Crippen MR) is 69.6 cm³/mol. The normalized spacial score (nSPS) is 12.4. The van der Waals surface area contributed by atoms with E-state index in [9.17, 15) is 13.2 Å². The van der Waals surface area contributed by atoms with Crippen molar-refractivity contribution in [3.05, 3.63) is 0 Å². The van der Waals surface area contributed by atoms with E-state index in [4.69, 9.17) is 10.5 Å². The van der Waals surface area contributed by atoms with Gasteiger partial charge in [-0.2, -0.15) is 0 Å². The van der Waals surface area contributed by atoms with Gasteiger partial charge in [0.2, 0.25) is 15.9 Å². The van der Waals surface area contributed by atoms with Gasteiger partial charge in [-0.05, 0) is 20.8 Å². The van der Waals surface area contributed by atoms with E-state index in [1.54, 1.807) is 20.8 Å². The molecule has 4 N–H and O–H groups in total. The van der Waals surface area contributed by atoms with Crippen LogP contribution in [0.4, 0.5) is 0 Å². The minimum Gasteiger partial charge on any atom is -0.381 e. The van der Waals surface area contributed by atoms with Gasteiger partial charge in [-0.25, -0.2) is 13.1 Å². The molecule has 0 atom stereocenters. The van der Waals surface area contributed by atoms with Crippen molar-refractivity contribution in [1.29, 1.82) is 0 Å². The van der Waals surface area contributed by atoms with Gasteiger partial charge in [-0.3, -0.25) is 4.79 Å². The van der Waals surface area contributed by atoms with Crippen molar-refractivity contribution in [2.24, 2.45) is 5.73 Å². The molecule has 0 rings (SSSR count). The number of hydrogen-bond acceptors (Lipinski definition) is 5. The van der Waals surface area contributed by atoms with Crippen LogP contribution in [-0.4, -0.2) is 51.9 Å². The Morgan fingerprint density at radius 3 is 2.50 bits per heavy atom. The zero-order valence-corrected chi connectivity index (χ0v) is 12.0. The van der Waals surface area contributed by atoms with Crippen LogP contribution in [0.1, 0.15) is 20.8 Å². The largest absolute Gasteiger partial charge is 0.381 e. The van der Waals surface area contributed by atoms with Gasteiger partial charge in [0.25, 0.3) is 0 Å². The van der Waals surface area contributed by atoms with Crippen molar-refractivity contribution in [2.75, 3.05) is 32.1 Å². The van der Waals surface area contributed by atoms with E-state index in [2.05, 4.69) is 10.0 Å². The highest BCUT2D eigenvalue weighted by atomic mass is 32.2. The van der Waals surface area contributed by atoms with Crippen LogP contribution < -0.4 is 15.8 Å². The van der Waals surface area contributed by atoms with Gasteiger partial charge >= 0.3 is 0 Å². The average molecular weight is 281 g/mol. The van der Waals surface area contributed by atoms with E-state index in [0.29, 0.717) is 6.61 Å². The van der Waals surface area contributed by atoms with E-state index in [0.717, 1.165) is 0 Å². The van der Waals surface area contributed by atoms with E-state index >= 15 is 0 Å². The molecule has 7 nitrogen and oxygen atoms in total. The number of carbonyl (C=O) groups excluding carboxylic acids is 1. The lowest BCUT2D eigenvalue weighted by molar-refractivity contribution is -0.120. The van der Waals surface area contributed by atoms with Gasteiger partial charge in [0, 0.05) is 18.7 Å². The molecule has 0 fully saturated rings. The first kappa shape index (κ1) is 17.3. The second-order valence-electron chi connectivity index (χ2n) is 4.60. The Hall–Kier alpha value is -0.700. The number of amides is 1. The number of nitrogens with one attached hydrogen (secondary N) is 2. The topological polar surface area (TPSA) is 111 Å². The average Bonchev–Trinajstić information content (AvgIpc) is 2.23. The summed E-state index contributed by atoms with van der Waals surface area (Å²) < 4.78 is 30.0. The third-order valence-corrected chi connectivity index (χ3v) is 3.18. The number of carbonyl (C=O) groups is 1. The minimum absolute atomic E-state index is 0.114. The first-order chi connectivity index (χ1) is 8.16. The fourth-order valence-electron chi connectivity index (χ4n) is 0.950. The molecule has 0 radical (unpaired) electrons. The second-order valence-corrected chi connectivity index (χ2v) is 6.53. The number of hydrogen-bond donors (Lipinski definition) is 3. The van der Waals surface area contributed by atoms with Gasteiger partial charge in [0.15, 0.2) is 0 Å². The van der Waals surface area contributed by atoms with Gasteiger partial charge in [-0.15, -0.1) is 0 Å². The number of ether oxygens (including phenoxy) is 1. The second kappa shape index (κ2) is 7.67. The lowest BCUT2D eigenvalue weighted by atomic mass is 10.1. The monoisotopic (exact) mass is 281 g/mol. The number of nitrogens with two attached hydrogens (primary N) is 1. The molecule has 0 aromatic carbocycles. The Kier molecular flexibility index (Phi) is 7.37. The molecule has 0 bridgehead atoms. The SMILES string of the molecule is CCOCCS(=O)(=O)NCC(=O)NCC(C)(C)N. The highest BCUT2D eigenvalue weighted by molar-refractivity contribution is 7.89. The van der Waals surface area contributed by atoms with Crippen LogP contribution in [0.2, 0.25) is 0 Å². The molecule has 0 aliphatic carbocycles. The zero-order chi connectivity index (χ0) is 14.2. The maximum atomic E-state index is 11.4. The molecule has 18 heavy (non-hydrogen) atoms. The lowest BCUT2D eigenvalue weighted by Gasteiger charge is -2.18. The fourth-order valence-corrected chi connectivity index (χ4v) is 1.78.